The van der Waals surface area contributed by atoms with Crippen LogP contribution in [0.3, 0.4) is 0 Å². The number of ether oxygens (including phenoxy) is 3. The summed E-state index contributed by atoms with van der Waals surface area (Å²) >= 11 is 3.49. The van der Waals surface area contributed by atoms with E-state index in [0.717, 1.165) is 12.1 Å². The van der Waals surface area contributed by atoms with Gasteiger partial charge < -0.3 is 24.4 Å². The van der Waals surface area contributed by atoms with E-state index in [1.54, 1.807) is 6.07 Å². The second-order valence-electron chi connectivity index (χ2n) is 6.85. The standard InChI is InChI=1S/C19H17BrF3N3O4/c20-16-5-11(6-24-17(16)26-13-7-28-9-14(26)10-29-8-13)18(27)25-12-1-3-15(4-2-12)30-19(21,22)23/h1-6,13-14H,7-10H2,(H,25,27). The van der Waals surface area contributed by atoms with Crippen LogP contribution in [0.5, 0.6) is 5.75 Å². The summed E-state index contributed by atoms with van der Waals surface area (Å²) in [7, 11) is 0. The van der Waals surface area contributed by atoms with E-state index in [-0.39, 0.29) is 17.8 Å². The van der Waals surface area contributed by atoms with Gasteiger partial charge in [-0.05, 0) is 46.3 Å². The highest BCUT2D eigenvalue weighted by atomic mass is 79.9. The van der Waals surface area contributed by atoms with Crippen molar-refractivity contribution in [1.29, 1.82) is 0 Å². The van der Waals surface area contributed by atoms with Crippen LogP contribution in [0.2, 0.25) is 0 Å². The molecule has 2 fully saturated rings. The Kier molecular flexibility index (Phi) is 5.85. The van der Waals surface area contributed by atoms with E-state index in [9.17, 15) is 18.0 Å². The van der Waals surface area contributed by atoms with Gasteiger partial charge in [-0.25, -0.2) is 4.98 Å². The van der Waals surface area contributed by atoms with Crippen molar-refractivity contribution in [2.45, 2.75) is 18.4 Å². The molecule has 0 unspecified atom stereocenters. The first-order valence-electron chi connectivity index (χ1n) is 9.07. The number of nitrogens with zero attached hydrogens (tertiary/aromatic N) is 2. The van der Waals surface area contributed by atoms with E-state index in [0.29, 0.717) is 48.0 Å². The molecule has 2 aromatic rings. The van der Waals surface area contributed by atoms with E-state index in [4.69, 9.17) is 9.47 Å². The van der Waals surface area contributed by atoms with Gasteiger partial charge in [0.05, 0.1) is 48.5 Å². The molecule has 0 atom stereocenters. The Morgan fingerprint density at radius 2 is 1.73 bits per heavy atom. The molecule has 0 aliphatic carbocycles. The number of morpholine rings is 2. The normalized spacial score (nSPS) is 21.3. The zero-order valence-corrected chi connectivity index (χ0v) is 17.1. The lowest BCUT2D eigenvalue weighted by atomic mass is 10.1. The van der Waals surface area contributed by atoms with Crippen LogP contribution in [0.4, 0.5) is 24.7 Å². The van der Waals surface area contributed by atoms with Gasteiger partial charge in [-0.3, -0.25) is 4.79 Å². The molecule has 2 aliphatic rings. The molecule has 2 saturated heterocycles. The number of amides is 1. The van der Waals surface area contributed by atoms with Gasteiger partial charge in [0.1, 0.15) is 11.6 Å². The number of nitrogens with one attached hydrogen (secondary N) is 1. The number of hydrogen-bond acceptors (Lipinski definition) is 6. The quantitative estimate of drug-likeness (QED) is 0.710. The Hall–Kier alpha value is -2.37. The minimum atomic E-state index is -4.77. The number of anilines is 2. The average molecular weight is 488 g/mol. The molecule has 160 valence electrons. The van der Waals surface area contributed by atoms with E-state index in [1.165, 1.54) is 18.3 Å². The fourth-order valence-corrected chi connectivity index (χ4v) is 3.98. The molecule has 0 spiro atoms. The minimum absolute atomic E-state index is 0.0541. The molecule has 4 rings (SSSR count). The Bertz CT molecular complexity index is 904. The summed E-state index contributed by atoms with van der Waals surface area (Å²) in [6, 6.07) is 6.66. The van der Waals surface area contributed by atoms with Gasteiger partial charge in [0.15, 0.2) is 0 Å². The minimum Gasteiger partial charge on any atom is -0.406 e. The third-order valence-corrected chi connectivity index (χ3v) is 5.29. The molecule has 2 bridgehead atoms. The number of hydrogen-bond donors (Lipinski definition) is 1. The number of carbonyl (C=O) groups is 1. The van der Waals surface area contributed by atoms with E-state index < -0.39 is 12.3 Å². The number of fused-ring (bicyclic) bond motifs is 2. The summed E-state index contributed by atoms with van der Waals surface area (Å²) in [5.74, 6) is -0.0964. The molecule has 30 heavy (non-hydrogen) atoms. The van der Waals surface area contributed by atoms with Gasteiger partial charge in [0.2, 0.25) is 0 Å². The van der Waals surface area contributed by atoms with Crippen LogP contribution in [0.25, 0.3) is 0 Å². The van der Waals surface area contributed by atoms with Crippen LogP contribution >= 0.6 is 15.9 Å². The lowest BCUT2D eigenvalue weighted by molar-refractivity contribution is -0.274. The van der Waals surface area contributed by atoms with Crippen molar-refractivity contribution in [3.05, 3.63) is 46.6 Å². The fourth-order valence-electron chi connectivity index (χ4n) is 3.43. The molecule has 2 aliphatic heterocycles. The molecule has 3 heterocycles. The monoisotopic (exact) mass is 487 g/mol. The zero-order chi connectivity index (χ0) is 21.3. The topological polar surface area (TPSA) is 72.9 Å². The lowest BCUT2D eigenvalue weighted by Gasteiger charge is -2.46. The van der Waals surface area contributed by atoms with E-state index in [1.807, 2.05) is 0 Å². The zero-order valence-electron chi connectivity index (χ0n) is 15.5. The van der Waals surface area contributed by atoms with E-state index in [2.05, 4.69) is 35.9 Å². The highest BCUT2D eigenvalue weighted by Crippen LogP contribution is 2.32. The van der Waals surface area contributed by atoms with Crippen molar-refractivity contribution in [2.24, 2.45) is 0 Å². The molecule has 1 N–H and O–H groups in total. The predicted octanol–water partition coefficient (Wildman–Crippen LogP) is 3.60. The van der Waals surface area contributed by atoms with Gasteiger partial charge >= 0.3 is 6.36 Å². The first kappa shape index (κ1) is 20.9. The maximum absolute atomic E-state index is 12.5. The number of pyridine rings is 1. The van der Waals surface area contributed by atoms with Gasteiger partial charge in [-0.1, -0.05) is 0 Å². The molecule has 1 amide bonds. The smallest absolute Gasteiger partial charge is 0.406 e. The number of rotatable bonds is 4. The molecule has 0 saturated carbocycles. The number of alkyl halides is 3. The van der Waals surface area contributed by atoms with Crippen molar-refractivity contribution in [1.82, 2.24) is 4.98 Å². The summed E-state index contributed by atoms with van der Waals surface area (Å²) < 4.78 is 52.3. The van der Waals surface area contributed by atoms with Crippen LogP contribution in [0, 0.1) is 0 Å². The van der Waals surface area contributed by atoms with Gasteiger partial charge in [-0.15, -0.1) is 13.2 Å². The summed E-state index contributed by atoms with van der Waals surface area (Å²) in [6.45, 7) is 2.17. The molecule has 1 aromatic heterocycles. The average Bonchev–Trinajstić information content (AvgIpc) is 2.68. The Labute approximate surface area is 178 Å². The van der Waals surface area contributed by atoms with Crippen molar-refractivity contribution in [2.75, 3.05) is 36.6 Å². The maximum atomic E-state index is 12.5. The van der Waals surface area contributed by atoms with Gasteiger partial charge in [-0.2, -0.15) is 0 Å². The first-order valence-corrected chi connectivity index (χ1v) is 9.86. The molecular weight excluding hydrogens is 471 g/mol. The van der Waals surface area contributed by atoms with Gasteiger partial charge in [0.25, 0.3) is 5.91 Å². The number of benzene rings is 1. The molecule has 7 nitrogen and oxygen atoms in total. The number of aromatic nitrogens is 1. The van der Waals surface area contributed by atoms with Crippen molar-refractivity contribution >= 4 is 33.3 Å². The van der Waals surface area contributed by atoms with Crippen LogP contribution in [-0.4, -0.2) is 55.8 Å². The maximum Gasteiger partial charge on any atom is 0.573 e. The third kappa shape index (κ3) is 4.68. The fraction of sp³-hybridized carbons (Fsp3) is 0.368. The Morgan fingerprint density at radius 3 is 2.27 bits per heavy atom. The third-order valence-electron chi connectivity index (χ3n) is 4.70. The molecule has 1 aromatic carbocycles. The summed E-state index contributed by atoms with van der Waals surface area (Å²) in [4.78, 5) is 19.1. The van der Waals surface area contributed by atoms with Crippen molar-refractivity contribution in [3.8, 4) is 5.75 Å². The second-order valence-corrected chi connectivity index (χ2v) is 7.70. The van der Waals surface area contributed by atoms with Crippen molar-refractivity contribution < 1.29 is 32.2 Å². The highest BCUT2D eigenvalue weighted by molar-refractivity contribution is 9.10. The Morgan fingerprint density at radius 1 is 1.13 bits per heavy atom. The second kappa shape index (κ2) is 8.40. The van der Waals surface area contributed by atoms with Crippen LogP contribution < -0.4 is 15.0 Å². The van der Waals surface area contributed by atoms with Crippen LogP contribution in [0.15, 0.2) is 41.0 Å². The summed E-state index contributed by atoms with van der Waals surface area (Å²) in [5.41, 5.74) is 0.630. The largest absolute Gasteiger partial charge is 0.573 e. The van der Waals surface area contributed by atoms with Gasteiger partial charge in [0, 0.05) is 11.9 Å². The lowest BCUT2D eigenvalue weighted by Crippen LogP contribution is -2.60. The predicted molar refractivity (Wildman–Crippen MR) is 105 cm³/mol. The number of halogens is 4. The molecule has 0 radical (unpaired) electrons. The molecule has 11 heteroatoms. The summed E-state index contributed by atoms with van der Waals surface area (Å²) in [6.07, 6.45) is -3.31. The van der Waals surface area contributed by atoms with Crippen LogP contribution in [-0.2, 0) is 9.47 Å². The Balaban J connectivity index is 1.46. The van der Waals surface area contributed by atoms with E-state index >= 15 is 0 Å². The number of carbonyl (C=O) groups excluding carboxylic acids is 1. The summed E-state index contributed by atoms with van der Waals surface area (Å²) in [5, 5.41) is 2.62. The van der Waals surface area contributed by atoms with Crippen LogP contribution in [0.1, 0.15) is 10.4 Å². The highest BCUT2D eigenvalue weighted by Gasteiger charge is 2.37. The molecular formula is C19H17BrF3N3O4. The SMILES string of the molecule is O=C(Nc1ccc(OC(F)(F)F)cc1)c1cnc(N2C3COCC2COC3)c(Br)c1. The van der Waals surface area contributed by atoms with Crippen molar-refractivity contribution in [3.63, 3.8) is 0 Å². The first-order chi connectivity index (χ1) is 14.3.